The smallest absolute Gasteiger partial charge is 0.326 e. The number of imidazole rings is 1. The molecule has 0 fully saturated rings. The molecule has 3 aromatic rings. The second kappa shape index (κ2) is 9.93. The van der Waals surface area contributed by atoms with Gasteiger partial charge in [-0.15, -0.1) is 0 Å². The lowest BCUT2D eigenvalue weighted by molar-refractivity contribution is -0.143. The predicted octanol–water partition coefficient (Wildman–Crippen LogP) is 2.99. The zero-order chi connectivity index (χ0) is 20.6. The van der Waals surface area contributed by atoms with E-state index in [1.165, 1.54) is 0 Å². The fourth-order valence-electron chi connectivity index (χ4n) is 2.87. The number of ether oxygens (including phenoxy) is 2. The first-order valence-electron chi connectivity index (χ1n) is 9.31. The summed E-state index contributed by atoms with van der Waals surface area (Å²) in [6.45, 7) is 2.45. The molecule has 1 amide bonds. The van der Waals surface area contributed by atoms with Crippen molar-refractivity contribution in [1.82, 2.24) is 14.9 Å². The molecule has 0 aliphatic heterocycles. The van der Waals surface area contributed by atoms with Crippen LogP contribution in [-0.4, -0.2) is 41.2 Å². The first-order valence-corrected chi connectivity index (χ1v) is 9.69. The van der Waals surface area contributed by atoms with Gasteiger partial charge in [0, 0.05) is 18.0 Å². The lowest BCUT2D eigenvalue weighted by atomic mass is 10.3. The Balaban J connectivity index is 1.57. The van der Waals surface area contributed by atoms with Crippen LogP contribution in [0.15, 0.2) is 48.5 Å². The second-order valence-corrected chi connectivity index (χ2v) is 6.69. The van der Waals surface area contributed by atoms with Gasteiger partial charge in [-0.25, -0.2) is 4.98 Å². The van der Waals surface area contributed by atoms with Crippen LogP contribution in [0.25, 0.3) is 11.0 Å². The van der Waals surface area contributed by atoms with Crippen LogP contribution in [-0.2, 0) is 27.3 Å². The number of hydrogen-bond donors (Lipinski definition) is 1. The standard InChI is InChI=1S/C21H22ClN3O4/c1-2-28-21(27)13-25-18-6-4-3-5-17(18)24-19(25)11-12-23-20(26)14-29-16-9-7-15(22)8-10-16/h3-10H,2,11-14H2,1H3,(H,23,26). The van der Waals surface area contributed by atoms with Crippen molar-refractivity contribution >= 4 is 34.5 Å². The molecule has 1 N–H and O–H groups in total. The van der Waals surface area contributed by atoms with Crippen molar-refractivity contribution in [2.75, 3.05) is 19.8 Å². The maximum absolute atomic E-state index is 12.0. The number of carbonyl (C=O) groups excluding carboxylic acids is 2. The van der Waals surface area contributed by atoms with E-state index in [1.54, 1.807) is 31.2 Å². The lowest BCUT2D eigenvalue weighted by Crippen LogP contribution is -2.31. The van der Waals surface area contributed by atoms with Gasteiger partial charge < -0.3 is 19.4 Å². The summed E-state index contributed by atoms with van der Waals surface area (Å²) in [5.41, 5.74) is 1.65. The fourth-order valence-corrected chi connectivity index (χ4v) is 3.00. The van der Waals surface area contributed by atoms with Crippen molar-refractivity contribution in [2.45, 2.75) is 19.9 Å². The predicted molar refractivity (Wildman–Crippen MR) is 110 cm³/mol. The molecular weight excluding hydrogens is 394 g/mol. The minimum absolute atomic E-state index is 0.0807. The third-order valence-corrected chi connectivity index (χ3v) is 4.43. The average Bonchev–Trinajstić information content (AvgIpc) is 3.05. The SMILES string of the molecule is CCOC(=O)Cn1c(CCNC(=O)COc2ccc(Cl)cc2)nc2ccccc21. The van der Waals surface area contributed by atoms with E-state index >= 15 is 0 Å². The van der Waals surface area contributed by atoms with E-state index in [-0.39, 0.29) is 25.0 Å². The number of halogens is 1. The number of esters is 1. The van der Waals surface area contributed by atoms with Gasteiger partial charge in [0.15, 0.2) is 6.61 Å². The quantitative estimate of drug-likeness (QED) is 0.543. The summed E-state index contributed by atoms with van der Waals surface area (Å²) in [7, 11) is 0. The highest BCUT2D eigenvalue weighted by molar-refractivity contribution is 6.30. The molecule has 29 heavy (non-hydrogen) atoms. The highest BCUT2D eigenvalue weighted by Gasteiger charge is 2.14. The highest BCUT2D eigenvalue weighted by Crippen LogP contribution is 2.17. The summed E-state index contributed by atoms with van der Waals surface area (Å²) in [6.07, 6.45) is 0.473. The minimum atomic E-state index is -0.322. The number of amides is 1. The van der Waals surface area contributed by atoms with Gasteiger partial charge in [0.05, 0.1) is 17.6 Å². The van der Waals surface area contributed by atoms with Gasteiger partial charge in [-0.2, -0.15) is 0 Å². The molecule has 8 heteroatoms. The summed E-state index contributed by atoms with van der Waals surface area (Å²) >= 11 is 5.82. The van der Waals surface area contributed by atoms with Crippen molar-refractivity contribution in [3.63, 3.8) is 0 Å². The van der Waals surface area contributed by atoms with Gasteiger partial charge in [0.2, 0.25) is 0 Å². The number of nitrogens with zero attached hydrogens (tertiary/aromatic N) is 2. The molecule has 0 bridgehead atoms. The number of hydrogen-bond acceptors (Lipinski definition) is 5. The Bertz CT molecular complexity index is 985. The van der Waals surface area contributed by atoms with Gasteiger partial charge in [-0.05, 0) is 43.3 Å². The molecule has 0 atom stereocenters. The van der Waals surface area contributed by atoms with Crippen LogP contribution in [0, 0.1) is 0 Å². The van der Waals surface area contributed by atoms with Crippen molar-refractivity contribution in [3.05, 3.63) is 59.4 Å². The number of rotatable bonds is 9. The Hall–Kier alpha value is -3.06. The molecule has 0 saturated carbocycles. The van der Waals surface area contributed by atoms with Crippen LogP contribution >= 0.6 is 11.6 Å². The first kappa shape index (κ1) is 20.7. The summed E-state index contributed by atoms with van der Waals surface area (Å²) < 4.78 is 12.3. The second-order valence-electron chi connectivity index (χ2n) is 6.25. The van der Waals surface area contributed by atoms with E-state index in [0.717, 1.165) is 11.0 Å². The van der Waals surface area contributed by atoms with Gasteiger partial charge in [0.1, 0.15) is 18.1 Å². The van der Waals surface area contributed by atoms with E-state index in [1.807, 2.05) is 28.8 Å². The number of para-hydroxylation sites is 2. The zero-order valence-corrected chi connectivity index (χ0v) is 16.8. The molecule has 7 nitrogen and oxygen atoms in total. The Morgan fingerprint density at radius 2 is 1.90 bits per heavy atom. The monoisotopic (exact) mass is 415 g/mol. The van der Waals surface area contributed by atoms with Gasteiger partial charge >= 0.3 is 5.97 Å². The molecule has 2 aromatic carbocycles. The van der Waals surface area contributed by atoms with E-state index in [9.17, 15) is 9.59 Å². The third kappa shape index (κ3) is 5.71. The number of fused-ring (bicyclic) bond motifs is 1. The molecule has 0 aliphatic rings. The molecule has 152 valence electrons. The maximum Gasteiger partial charge on any atom is 0.326 e. The molecule has 0 unspecified atom stereocenters. The molecule has 0 radical (unpaired) electrons. The maximum atomic E-state index is 12.0. The van der Waals surface area contributed by atoms with Crippen LogP contribution in [0.2, 0.25) is 5.02 Å². The summed E-state index contributed by atoms with van der Waals surface area (Å²) in [5, 5.41) is 3.41. The van der Waals surface area contributed by atoms with Crippen LogP contribution in [0.1, 0.15) is 12.7 Å². The average molecular weight is 416 g/mol. The van der Waals surface area contributed by atoms with Crippen LogP contribution in [0.5, 0.6) is 5.75 Å². The molecular formula is C21H22ClN3O4. The Morgan fingerprint density at radius 1 is 1.14 bits per heavy atom. The van der Waals surface area contributed by atoms with E-state index in [2.05, 4.69) is 10.3 Å². The molecule has 3 rings (SSSR count). The zero-order valence-electron chi connectivity index (χ0n) is 16.1. The summed E-state index contributed by atoms with van der Waals surface area (Å²) in [5.74, 6) is 0.712. The Kier molecular flexibility index (Phi) is 7.08. The van der Waals surface area contributed by atoms with Crippen LogP contribution in [0.3, 0.4) is 0 Å². The Labute approximate surface area is 173 Å². The molecule has 1 aromatic heterocycles. The minimum Gasteiger partial charge on any atom is -0.484 e. The van der Waals surface area contributed by atoms with Crippen molar-refractivity contribution in [3.8, 4) is 5.75 Å². The van der Waals surface area contributed by atoms with Gasteiger partial charge in [0.25, 0.3) is 5.91 Å². The number of aromatic nitrogens is 2. The van der Waals surface area contributed by atoms with E-state index < -0.39 is 0 Å². The molecule has 1 heterocycles. The topological polar surface area (TPSA) is 82.5 Å². The molecule has 0 aliphatic carbocycles. The molecule has 0 saturated heterocycles. The van der Waals surface area contributed by atoms with Gasteiger partial charge in [-0.1, -0.05) is 23.7 Å². The van der Waals surface area contributed by atoms with E-state index in [4.69, 9.17) is 21.1 Å². The summed E-state index contributed by atoms with van der Waals surface area (Å²) in [6, 6.07) is 14.4. The number of nitrogens with one attached hydrogen (secondary N) is 1. The van der Waals surface area contributed by atoms with Crippen LogP contribution in [0.4, 0.5) is 0 Å². The number of benzene rings is 2. The van der Waals surface area contributed by atoms with E-state index in [0.29, 0.717) is 36.2 Å². The lowest BCUT2D eigenvalue weighted by Gasteiger charge is -2.10. The van der Waals surface area contributed by atoms with Crippen LogP contribution < -0.4 is 10.1 Å². The third-order valence-electron chi connectivity index (χ3n) is 4.18. The van der Waals surface area contributed by atoms with Gasteiger partial charge in [-0.3, -0.25) is 9.59 Å². The molecule has 0 spiro atoms. The van der Waals surface area contributed by atoms with Crippen molar-refractivity contribution < 1.29 is 19.1 Å². The first-order chi connectivity index (χ1) is 14.1. The summed E-state index contributed by atoms with van der Waals surface area (Å²) in [4.78, 5) is 28.6. The van der Waals surface area contributed by atoms with Crippen molar-refractivity contribution in [2.24, 2.45) is 0 Å². The number of carbonyl (C=O) groups is 2. The largest absolute Gasteiger partial charge is 0.484 e. The Morgan fingerprint density at radius 3 is 2.66 bits per heavy atom. The normalized spacial score (nSPS) is 10.7. The highest BCUT2D eigenvalue weighted by atomic mass is 35.5. The fraction of sp³-hybridized carbons (Fsp3) is 0.286. The van der Waals surface area contributed by atoms with Crippen molar-refractivity contribution in [1.29, 1.82) is 0 Å².